The third-order valence-electron chi connectivity index (χ3n) is 6.94. The number of ether oxygens (including phenoxy) is 2. The van der Waals surface area contributed by atoms with Gasteiger partial charge in [0.05, 0.1) is 13.5 Å². The van der Waals surface area contributed by atoms with E-state index in [4.69, 9.17) is 15.2 Å². The van der Waals surface area contributed by atoms with Crippen LogP contribution < -0.4 is 21.1 Å². The van der Waals surface area contributed by atoms with E-state index in [0.29, 0.717) is 29.8 Å². The number of carbonyl (C=O) groups excluding carboxylic acids is 4. The van der Waals surface area contributed by atoms with E-state index in [0.717, 1.165) is 17.5 Å². The van der Waals surface area contributed by atoms with Gasteiger partial charge in [-0.2, -0.15) is 0 Å². The number of hydrogen-bond donors (Lipinski definition) is 3. The number of benzene rings is 2. The van der Waals surface area contributed by atoms with Gasteiger partial charge in [0.2, 0.25) is 11.8 Å². The minimum atomic E-state index is -1.31. The number of carbonyl (C=O) groups is 4. The first-order valence-corrected chi connectivity index (χ1v) is 13.4. The van der Waals surface area contributed by atoms with Crippen LogP contribution in [0.5, 0.6) is 5.75 Å². The Bertz CT molecular complexity index is 1230. The molecule has 1 saturated carbocycles. The highest BCUT2D eigenvalue weighted by Crippen LogP contribution is 2.36. The number of rotatable bonds is 10. The normalized spacial score (nSPS) is 14.8. The van der Waals surface area contributed by atoms with E-state index in [1.165, 1.54) is 4.90 Å². The average molecular weight is 553 g/mol. The molecule has 0 radical (unpaired) electrons. The monoisotopic (exact) mass is 552 g/mol. The quantitative estimate of drug-likeness (QED) is 0.405. The van der Waals surface area contributed by atoms with Crippen LogP contribution in [0.3, 0.4) is 0 Å². The molecule has 0 aromatic heterocycles. The van der Waals surface area contributed by atoms with Crippen LogP contribution in [0, 0.1) is 13.8 Å². The van der Waals surface area contributed by atoms with Crippen LogP contribution in [-0.2, 0) is 19.1 Å². The molecule has 0 spiro atoms. The second-order valence-electron chi connectivity index (χ2n) is 11.1. The SMILES string of the molecule is COc1ccc(NC(=O)C(c2cccc(C)c2C)N(C(=O)C(CC(N)=O)NC(=O)OC(C)(C)C)C2CCC2)cc1. The number of nitrogens with zero attached hydrogens (tertiary/aromatic N) is 1. The van der Waals surface area contributed by atoms with Crippen LogP contribution in [0.4, 0.5) is 10.5 Å². The number of alkyl carbamates (subject to hydrolysis) is 1. The van der Waals surface area contributed by atoms with Crippen molar-refractivity contribution in [3.8, 4) is 5.75 Å². The summed E-state index contributed by atoms with van der Waals surface area (Å²) in [6, 6.07) is 9.87. The summed E-state index contributed by atoms with van der Waals surface area (Å²) in [5.74, 6) is -1.13. The van der Waals surface area contributed by atoms with Crippen LogP contribution in [0.2, 0.25) is 0 Å². The second kappa shape index (κ2) is 12.8. The zero-order chi connectivity index (χ0) is 29.6. The molecule has 1 aliphatic rings. The molecule has 3 rings (SSSR count). The number of primary amides is 1. The maximum Gasteiger partial charge on any atom is 0.408 e. The standard InChI is InChI=1S/C30H40N4O6/c1-18-9-7-12-23(19(18)2)26(27(36)32-20-13-15-22(39-6)16-14-20)34(21-10-8-11-21)28(37)24(17-25(31)35)33-29(38)40-30(3,4)5/h7,9,12-16,21,24,26H,8,10-11,17H2,1-6H3,(H2,31,35)(H,32,36)(H,33,38). The fourth-order valence-electron chi connectivity index (χ4n) is 4.59. The van der Waals surface area contributed by atoms with Crippen LogP contribution in [0.15, 0.2) is 42.5 Å². The summed E-state index contributed by atoms with van der Waals surface area (Å²) in [7, 11) is 1.56. The second-order valence-corrected chi connectivity index (χ2v) is 11.1. The predicted molar refractivity (Wildman–Crippen MR) is 152 cm³/mol. The number of amides is 4. The summed E-state index contributed by atoms with van der Waals surface area (Å²) in [6.45, 7) is 8.92. The molecule has 0 bridgehead atoms. The highest BCUT2D eigenvalue weighted by molar-refractivity contribution is 6.00. The Labute approximate surface area is 235 Å². The van der Waals surface area contributed by atoms with E-state index in [9.17, 15) is 19.2 Å². The van der Waals surface area contributed by atoms with Crippen molar-refractivity contribution in [2.24, 2.45) is 5.73 Å². The molecule has 0 saturated heterocycles. The van der Waals surface area contributed by atoms with E-state index < -0.39 is 47.9 Å². The zero-order valence-electron chi connectivity index (χ0n) is 24.1. The Morgan fingerprint density at radius 2 is 1.70 bits per heavy atom. The van der Waals surface area contributed by atoms with Crippen LogP contribution in [0.25, 0.3) is 0 Å². The number of anilines is 1. The Hall–Kier alpha value is -4.08. The lowest BCUT2D eigenvalue weighted by molar-refractivity contribution is -0.146. The fraction of sp³-hybridized carbons (Fsp3) is 0.467. The maximum atomic E-state index is 14.2. The lowest BCUT2D eigenvalue weighted by Gasteiger charge is -2.44. The van der Waals surface area contributed by atoms with E-state index >= 15 is 0 Å². The number of methoxy groups -OCH3 is 1. The Morgan fingerprint density at radius 1 is 1.05 bits per heavy atom. The zero-order valence-corrected chi connectivity index (χ0v) is 24.1. The highest BCUT2D eigenvalue weighted by atomic mass is 16.6. The van der Waals surface area contributed by atoms with Crippen molar-refractivity contribution < 1.29 is 28.7 Å². The lowest BCUT2D eigenvalue weighted by atomic mass is 9.86. The van der Waals surface area contributed by atoms with E-state index in [-0.39, 0.29) is 6.04 Å². The molecule has 2 atom stereocenters. The molecule has 0 heterocycles. The van der Waals surface area contributed by atoms with Crippen molar-refractivity contribution in [3.63, 3.8) is 0 Å². The van der Waals surface area contributed by atoms with Crippen molar-refractivity contribution in [3.05, 3.63) is 59.2 Å². The molecule has 4 N–H and O–H groups in total. The van der Waals surface area contributed by atoms with E-state index in [1.807, 2.05) is 32.0 Å². The number of hydrogen-bond acceptors (Lipinski definition) is 6. The average Bonchev–Trinajstić information content (AvgIpc) is 2.83. The molecule has 40 heavy (non-hydrogen) atoms. The minimum Gasteiger partial charge on any atom is -0.497 e. The molecule has 4 amide bonds. The van der Waals surface area contributed by atoms with Crippen molar-refractivity contribution in [1.82, 2.24) is 10.2 Å². The van der Waals surface area contributed by atoms with Crippen LogP contribution in [-0.4, -0.2) is 53.5 Å². The van der Waals surface area contributed by atoms with Crippen molar-refractivity contribution >= 4 is 29.5 Å². The minimum absolute atomic E-state index is 0.269. The topological polar surface area (TPSA) is 140 Å². The first kappa shape index (κ1) is 30.5. The maximum absolute atomic E-state index is 14.2. The van der Waals surface area contributed by atoms with Gasteiger partial charge in [-0.25, -0.2) is 4.79 Å². The third kappa shape index (κ3) is 7.74. The number of aryl methyl sites for hydroxylation is 1. The van der Waals surface area contributed by atoms with Gasteiger partial charge in [-0.15, -0.1) is 0 Å². The van der Waals surface area contributed by atoms with Gasteiger partial charge in [0.25, 0.3) is 5.91 Å². The van der Waals surface area contributed by atoms with Gasteiger partial charge in [-0.1, -0.05) is 18.2 Å². The van der Waals surface area contributed by atoms with Crippen LogP contribution in [0.1, 0.15) is 69.2 Å². The summed E-state index contributed by atoms with van der Waals surface area (Å²) >= 11 is 0. The molecular weight excluding hydrogens is 512 g/mol. The molecule has 2 aromatic carbocycles. The largest absolute Gasteiger partial charge is 0.497 e. The van der Waals surface area contributed by atoms with E-state index in [1.54, 1.807) is 52.1 Å². The highest BCUT2D eigenvalue weighted by Gasteiger charge is 2.43. The Morgan fingerprint density at radius 3 is 2.23 bits per heavy atom. The molecular formula is C30H40N4O6. The molecule has 2 unspecified atom stereocenters. The van der Waals surface area contributed by atoms with Crippen molar-refractivity contribution in [2.45, 2.75) is 84.0 Å². The summed E-state index contributed by atoms with van der Waals surface area (Å²) in [5.41, 5.74) is 7.67. The molecule has 1 aliphatic carbocycles. The van der Waals surface area contributed by atoms with Gasteiger partial charge < -0.3 is 30.7 Å². The first-order chi connectivity index (χ1) is 18.8. The molecule has 216 valence electrons. The smallest absolute Gasteiger partial charge is 0.408 e. The van der Waals surface area contributed by atoms with Gasteiger partial charge in [0.15, 0.2) is 0 Å². The lowest BCUT2D eigenvalue weighted by Crippen LogP contribution is -2.57. The van der Waals surface area contributed by atoms with Gasteiger partial charge >= 0.3 is 6.09 Å². The molecule has 10 heteroatoms. The van der Waals surface area contributed by atoms with Gasteiger partial charge in [-0.3, -0.25) is 14.4 Å². The summed E-state index contributed by atoms with van der Waals surface area (Å²) in [5, 5.41) is 5.46. The van der Waals surface area contributed by atoms with Crippen LogP contribution >= 0.6 is 0 Å². The van der Waals surface area contributed by atoms with Gasteiger partial charge in [-0.05, 0) is 94.8 Å². The molecule has 0 aliphatic heterocycles. The predicted octanol–water partition coefficient (Wildman–Crippen LogP) is 4.14. The van der Waals surface area contributed by atoms with E-state index in [2.05, 4.69) is 10.6 Å². The summed E-state index contributed by atoms with van der Waals surface area (Å²) in [6.07, 6.45) is 0.943. The first-order valence-electron chi connectivity index (χ1n) is 13.4. The third-order valence-corrected chi connectivity index (χ3v) is 6.94. The number of nitrogens with two attached hydrogens (primary N) is 1. The summed E-state index contributed by atoms with van der Waals surface area (Å²) in [4.78, 5) is 54.4. The van der Waals surface area contributed by atoms with Gasteiger partial charge in [0.1, 0.15) is 23.4 Å². The fourth-order valence-corrected chi connectivity index (χ4v) is 4.59. The molecule has 1 fully saturated rings. The molecule has 2 aromatic rings. The van der Waals surface area contributed by atoms with Gasteiger partial charge in [0, 0.05) is 11.7 Å². The Kier molecular flexibility index (Phi) is 9.78. The Balaban J connectivity index is 2.06. The summed E-state index contributed by atoms with van der Waals surface area (Å²) < 4.78 is 10.6. The molecule has 10 nitrogen and oxygen atoms in total. The van der Waals surface area contributed by atoms with Crippen molar-refractivity contribution in [1.29, 1.82) is 0 Å². The van der Waals surface area contributed by atoms with Crippen molar-refractivity contribution in [2.75, 3.05) is 12.4 Å². The number of nitrogens with one attached hydrogen (secondary N) is 2.